The van der Waals surface area contributed by atoms with E-state index in [0.29, 0.717) is 22.9 Å². The Balaban J connectivity index is 1.45. The summed E-state index contributed by atoms with van der Waals surface area (Å²) in [5, 5.41) is 2.88. The zero-order valence-corrected chi connectivity index (χ0v) is 15.6. The zero-order valence-electron chi connectivity index (χ0n) is 15.6. The van der Waals surface area contributed by atoms with Gasteiger partial charge in [-0.25, -0.2) is 4.98 Å². The number of nitrogens with zero attached hydrogens (tertiary/aromatic N) is 2. The Kier molecular flexibility index (Phi) is 4.76. The van der Waals surface area contributed by atoms with Crippen molar-refractivity contribution in [3.63, 3.8) is 0 Å². The largest absolute Gasteiger partial charge is 0.483 e. The van der Waals surface area contributed by atoms with Gasteiger partial charge in [0.15, 0.2) is 17.8 Å². The lowest BCUT2D eigenvalue weighted by atomic mass is 10.1. The standard InChI is InChI=1S/C22H19N3O3/c1-14-6-3-4-7-18(14)27-13-20(26)24-17-10-9-16(12-15(17)2)22-25-21-19(28-22)8-5-11-23-21/h3-12H,13H2,1-2H3,(H,24,26). The van der Waals surface area contributed by atoms with E-state index in [2.05, 4.69) is 15.3 Å². The first-order chi connectivity index (χ1) is 13.6. The Bertz CT molecular complexity index is 1120. The number of carbonyl (C=O) groups excluding carboxylic acids is 1. The van der Waals surface area contributed by atoms with Crippen LogP contribution in [-0.4, -0.2) is 22.5 Å². The van der Waals surface area contributed by atoms with Crippen LogP contribution in [0.1, 0.15) is 11.1 Å². The average Bonchev–Trinajstić information content (AvgIpc) is 3.13. The molecule has 4 rings (SSSR count). The van der Waals surface area contributed by atoms with Crippen molar-refractivity contribution in [2.75, 3.05) is 11.9 Å². The summed E-state index contributed by atoms with van der Waals surface area (Å²) >= 11 is 0. The average molecular weight is 373 g/mol. The van der Waals surface area contributed by atoms with Gasteiger partial charge < -0.3 is 14.5 Å². The van der Waals surface area contributed by atoms with Gasteiger partial charge in [-0.1, -0.05) is 18.2 Å². The van der Waals surface area contributed by atoms with Gasteiger partial charge in [-0.2, -0.15) is 4.98 Å². The number of oxazole rings is 1. The summed E-state index contributed by atoms with van der Waals surface area (Å²) < 4.78 is 11.3. The van der Waals surface area contributed by atoms with E-state index >= 15 is 0 Å². The number of hydrogen-bond donors (Lipinski definition) is 1. The maximum Gasteiger partial charge on any atom is 0.262 e. The minimum absolute atomic E-state index is 0.0527. The van der Waals surface area contributed by atoms with Crippen molar-refractivity contribution in [3.05, 3.63) is 71.9 Å². The summed E-state index contributed by atoms with van der Waals surface area (Å²) in [6.45, 7) is 3.81. The molecule has 0 fully saturated rings. The van der Waals surface area contributed by atoms with Gasteiger partial charge in [0, 0.05) is 17.4 Å². The molecule has 0 aliphatic heterocycles. The minimum Gasteiger partial charge on any atom is -0.483 e. The number of fused-ring (bicyclic) bond motifs is 1. The predicted molar refractivity (Wildman–Crippen MR) is 107 cm³/mol. The third kappa shape index (κ3) is 3.71. The molecular weight excluding hydrogens is 354 g/mol. The van der Waals surface area contributed by atoms with Crippen molar-refractivity contribution < 1.29 is 13.9 Å². The molecule has 2 aromatic heterocycles. The number of amides is 1. The lowest BCUT2D eigenvalue weighted by Crippen LogP contribution is -2.20. The minimum atomic E-state index is -0.217. The molecule has 2 aromatic carbocycles. The summed E-state index contributed by atoms with van der Waals surface area (Å²) in [4.78, 5) is 20.8. The molecule has 140 valence electrons. The Morgan fingerprint density at radius 2 is 1.93 bits per heavy atom. The van der Waals surface area contributed by atoms with Crippen molar-refractivity contribution in [1.29, 1.82) is 0 Å². The number of carbonyl (C=O) groups is 1. The second-order valence-corrected chi connectivity index (χ2v) is 6.48. The Morgan fingerprint density at radius 3 is 2.71 bits per heavy atom. The molecule has 0 saturated heterocycles. The number of benzene rings is 2. The summed E-state index contributed by atoms with van der Waals surface area (Å²) in [5.41, 5.74) is 4.64. The molecule has 6 nitrogen and oxygen atoms in total. The number of para-hydroxylation sites is 1. The van der Waals surface area contributed by atoms with E-state index < -0.39 is 0 Å². The number of aromatic nitrogens is 2. The molecule has 0 radical (unpaired) electrons. The zero-order chi connectivity index (χ0) is 19.5. The van der Waals surface area contributed by atoms with Crippen molar-refractivity contribution in [2.24, 2.45) is 0 Å². The smallest absolute Gasteiger partial charge is 0.262 e. The number of aryl methyl sites for hydroxylation is 2. The van der Waals surface area contributed by atoms with Gasteiger partial charge >= 0.3 is 0 Å². The van der Waals surface area contributed by atoms with Gasteiger partial charge in [0.25, 0.3) is 5.91 Å². The van der Waals surface area contributed by atoms with E-state index in [9.17, 15) is 4.79 Å². The molecule has 1 N–H and O–H groups in total. The SMILES string of the molecule is Cc1cc(-c2nc3ncccc3o2)ccc1NC(=O)COc1ccccc1C. The highest BCUT2D eigenvalue weighted by Crippen LogP contribution is 2.27. The quantitative estimate of drug-likeness (QED) is 0.556. The van der Waals surface area contributed by atoms with Crippen LogP contribution in [0.15, 0.2) is 65.2 Å². The molecule has 0 aliphatic rings. The number of pyridine rings is 1. The molecule has 0 saturated carbocycles. The van der Waals surface area contributed by atoms with E-state index in [-0.39, 0.29) is 12.5 Å². The number of anilines is 1. The van der Waals surface area contributed by atoms with E-state index in [1.165, 1.54) is 0 Å². The van der Waals surface area contributed by atoms with Crippen molar-refractivity contribution >= 4 is 22.8 Å². The van der Waals surface area contributed by atoms with Crippen LogP contribution in [0.5, 0.6) is 5.75 Å². The fraction of sp³-hybridized carbons (Fsp3) is 0.136. The summed E-state index contributed by atoms with van der Waals surface area (Å²) in [6.07, 6.45) is 1.68. The molecule has 0 bridgehead atoms. The molecule has 0 unspecified atom stereocenters. The third-order valence-electron chi connectivity index (χ3n) is 4.36. The van der Waals surface area contributed by atoms with Gasteiger partial charge in [0.1, 0.15) is 5.75 Å². The van der Waals surface area contributed by atoms with E-state index in [0.717, 1.165) is 22.4 Å². The normalized spacial score (nSPS) is 10.8. The predicted octanol–water partition coefficient (Wildman–Crippen LogP) is 4.52. The summed E-state index contributed by atoms with van der Waals surface area (Å²) in [5.74, 6) is 0.983. The Hall–Kier alpha value is -3.67. The van der Waals surface area contributed by atoms with Gasteiger partial charge in [-0.3, -0.25) is 4.79 Å². The number of rotatable bonds is 5. The second kappa shape index (κ2) is 7.52. The highest BCUT2D eigenvalue weighted by Gasteiger charge is 2.12. The second-order valence-electron chi connectivity index (χ2n) is 6.48. The Labute approximate surface area is 162 Å². The molecule has 6 heteroatoms. The molecule has 0 aliphatic carbocycles. The van der Waals surface area contributed by atoms with E-state index in [1.54, 1.807) is 12.3 Å². The molecule has 2 heterocycles. The first kappa shape index (κ1) is 17.7. The Morgan fingerprint density at radius 1 is 1.07 bits per heavy atom. The van der Waals surface area contributed by atoms with Crippen LogP contribution in [-0.2, 0) is 4.79 Å². The molecule has 4 aromatic rings. The van der Waals surface area contributed by atoms with Crippen molar-refractivity contribution in [3.8, 4) is 17.2 Å². The topological polar surface area (TPSA) is 77.3 Å². The number of ether oxygens (including phenoxy) is 1. The number of hydrogen-bond acceptors (Lipinski definition) is 5. The van der Waals surface area contributed by atoms with Gasteiger partial charge in [-0.15, -0.1) is 0 Å². The van der Waals surface area contributed by atoms with Crippen molar-refractivity contribution in [2.45, 2.75) is 13.8 Å². The van der Waals surface area contributed by atoms with Gasteiger partial charge in [-0.05, 0) is 61.4 Å². The molecular formula is C22H19N3O3. The first-order valence-corrected chi connectivity index (χ1v) is 8.91. The summed E-state index contributed by atoms with van der Waals surface area (Å²) in [6, 6.07) is 16.8. The van der Waals surface area contributed by atoms with Crippen LogP contribution in [0.4, 0.5) is 5.69 Å². The van der Waals surface area contributed by atoms with Crippen LogP contribution < -0.4 is 10.1 Å². The third-order valence-corrected chi connectivity index (χ3v) is 4.36. The van der Waals surface area contributed by atoms with Crippen molar-refractivity contribution in [1.82, 2.24) is 9.97 Å². The van der Waals surface area contributed by atoms with Crippen LogP contribution in [0.25, 0.3) is 22.7 Å². The molecule has 1 amide bonds. The van der Waals surface area contributed by atoms with Gasteiger partial charge in [0.2, 0.25) is 5.89 Å². The molecule has 0 spiro atoms. The number of nitrogens with one attached hydrogen (secondary N) is 1. The maximum atomic E-state index is 12.2. The van der Waals surface area contributed by atoms with Crippen LogP contribution >= 0.6 is 0 Å². The highest BCUT2D eigenvalue weighted by molar-refractivity contribution is 5.93. The van der Waals surface area contributed by atoms with Crippen LogP contribution in [0.2, 0.25) is 0 Å². The van der Waals surface area contributed by atoms with Crippen LogP contribution in [0, 0.1) is 13.8 Å². The highest BCUT2D eigenvalue weighted by atomic mass is 16.5. The van der Waals surface area contributed by atoms with E-state index in [4.69, 9.17) is 9.15 Å². The fourth-order valence-electron chi connectivity index (χ4n) is 2.88. The lowest BCUT2D eigenvalue weighted by molar-refractivity contribution is -0.118. The lowest BCUT2D eigenvalue weighted by Gasteiger charge is -2.11. The van der Waals surface area contributed by atoms with Gasteiger partial charge in [0.05, 0.1) is 0 Å². The van der Waals surface area contributed by atoms with Crippen LogP contribution in [0.3, 0.4) is 0 Å². The fourth-order valence-corrected chi connectivity index (χ4v) is 2.88. The van der Waals surface area contributed by atoms with E-state index in [1.807, 2.05) is 62.4 Å². The molecule has 0 atom stereocenters. The first-order valence-electron chi connectivity index (χ1n) is 8.91. The summed E-state index contributed by atoms with van der Waals surface area (Å²) in [7, 11) is 0. The molecule has 28 heavy (non-hydrogen) atoms. The maximum absolute atomic E-state index is 12.2. The monoisotopic (exact) mass is 373 g/mol.